The van der Waals surface area contributed by atoms with E-state index in [1.54, 1.807) is 0 Å². The number of carboxylic acid groups (broad SMARTS) is 1. The Balaban J connectivity index is 2.23. The van der Waals surface area contributed by atoms with E-state index in [0.29, 0.717) is 0 Å². The fraction of sp³-hybridized carbons (Fsp3) is 0.0556. The monoisotopic (exact) mass is 262 g/mol. The molecule has 3 aromatic rings. The second-order valence-corrected chi connectivity index (χ2v) is 4.75. The maximum Gasteiger partial charge on any atom is 0.307 e. The molecule has 2 heteroatoms. The molecule has 3 rings (SSSR count). The summed E-state index contributed by atoms with van der Waals surface area (Å²) in [4.78, 5) is 11.0. The Hall–Kier alpha value is -2.61. The van der Waals surface area contributed by atoms with Crippen molar-refractivity contribution in [3.05, 3.63) is 72.3 Å². The molecule has 0 aliphatic heterocycles. The summed E-state index contributed by atoms with van der Waals surface area (Å²) < 4.78 is 0. The lowest BCUT2D eigenvalue weighted by atomic mass is 9.95. The topological polar surface area (TPSA) is 37.3 Å². The molecule has 0 saturated heterocycles. The van der Waals surface area contributed by atoms with E-state index in [0.717, 1.165) is 27.5 Å². The number of benzene rings is 3. The number of aliphatic carboxylic acids is 1. The van der Waals surface area contributed by atoms with Crippen molar-refractivity contribution < 1.29 is 9.90 Å². The van der Waals surface area contributed by atoms with Crippen LogP contribution in [-0.4, -0.2) is 11.1 Å². The largest absolute Gasteiger partial charge is 0.481 e. The summed E-state index contributed by atoms with van der Waals surface area (Å²) in [5.74, 6) is -0.803. The van der Waals surface area contributed by atoms with E-state index in [9.17, 15) is 4.79 Å². The minimum atomic E-state index is -0.803. The van der Waals surface area contributed by atoms with Crippen molar-refractivity contribution in [1.29, 1.82) is 0 Å². The molecule has 0 heterocycles. The third-order valence-electron chi connectivity index (χ3n) is 3.44. The normalized spacial score (nSPS) is 10.6. The molecule has 0 unspecified atom stereocenters. The third-order valence-corrected chi connectivity index (χ3v) is 3.44. The maximum atomic E-state index is 11.0. The molecule has 0 atom stereocenters. The van der Waals surface area contributed by atoms with Crippen LogP contribution in [0.4, 0.5) is 0 Å². The molecule has 0 saturated carbocycles. The van der Waals surface area contributed by atoms with Gasteiger partial charge in [-0.25, -0.2) is 0 Å². The number of hydrogen-bond donors (Lipinski definition) is 1. The second kappa shape index (κ2) is 5.17. The van der Waals surface area contributed by atoms with Crippen LogP contribution in [0.25, 0.3) is 21.9 Å². The zero-order chi connectivity index (χ0) is 13.9. The van der Waals surface area contributed by atoms with Crippen molar-refractivity contribution in [3.8, 4) is 11.1 Å². The van der Waals surface area contributed by atoms with Gasteiger partial charge in [0.25, 0.3) is 0 Å². The van der Waals surface area contributed by atoms with Gasteiger partial charge in [-0.15, -0.1) is 0 Å². The summed E-state index contributed by atoms with van der Waals surface area (Å²) in [5.41, 5.74) is 3.13. The van der Waals surface area contributed by atoms with Gasteiger partial charge in [0.15, 0.2) is 0 Å². The minimum absolute atomic E-state index is 0.0512. The predicted molar refractivity (Wildman–Crippen MR) is 80.7 cm³/mol. The number of fused-ring (bicyclic) bond motifs is 1. The van der Waals surface area contributed by atoms with Crippen molar-refractivity contribution in [3.63, 3.8) is 0 Å². The molecule has 1 N–H and O–H groups in total. The van der Waals surface area contributed by atoms with E-state index in [-0.39, 0.29) is 6.42 Å². The van der Waals surface area contributed by atoms with Crippen molar-refractivity contribution in [1.82, 2.24) is 0 Å². The fourth-order valence-electron chi connectivity index (χ4n) is 2.56. The van der Waals surface area contributed by atoms with Crippen LogP contribution in [0.3, 0.4) is 0 Å². The first-order valence-electron chi connectivity index (χ1n) is 6.53. The summed E-state index contributed by atoms with van der Waals surface area (Å²) in [6, 6.07) is 22.0. The molecule has 0 bridgehead atoms. The van der Waals surface area contributed by atoms with Gasteiger partial charge < -0.3 is 5.11 Å². The van der Waals surface area contributed by atoms with Crippen LogP contribution in [0.15, 0.2) is 66.7 Å². The van der Waals surface area contributed by atoms with Gasteiger partial charge in [0.05, 0.1) is 6.42 Å². The molecule has 0 radical (unpaired) electrons. The Bertz CT molecular complexity index is 761. The molecule has 0 amide bonds. The van der Waals surface area contributed by atoms with E-state index in [1.165, 1.54) is 0 Å². The first-order valence-corrected chi connectivity index (χ1v) is 6.53. The van der Waals surface area contributed by atoms with Gasteiger partial charge in [-0.1, -0.05) is 66.7 Å². The van der Waals surface area contributed by atoms with Crippen LogP contribution in [0.1, 0.15) is 5.56 Å². The summed E-state index contributed by atoms with van der Waals surface area (Å²) in [5, 5.41) is 11.1. The van der Waals surface area contributed by atoms with Gasteiger partial charge in [0, 0.05) is 0 Å². The van der Waals surface area contributed by atoms with Gasteiger partial charge in [-0.05, 0) is 27.5 Å². The molecular weight excluding hydrogens is 248 g/mol. The fourth-order valence-corrected chi connectivity index (χ4v) is 2.56. The highest BCUT2D eigenvalue weighted by molar-refractivity contribution is 5.99. The van der Waals surface area contributed by atoms with Crippen LogP contribution >= 0.6 is 0 Å². The highest BCUT2D eigenvalue weighted by atomic mass is 16.4. The maximum absolute atomic E-state index is 11.0. The third kappa shape index (κ3) is 2.28. The lowest BCUT2D eigenvalue weighted by molar-refractivity contribution is -0.136. The Labute approximate surface area is 117 Å². The number of rotatable bonds is 3. The first kappa shape index (κ1) is 12.4. The van der Waals surface area contributed by atoms with Crippen molar-refractivity contribution in [2.24, 2.45) is 0 Å². The van der Waals surface area contributed by atoms with E-state index in [1.807, 2.05) is 48.5 Å². The highest BCUT2D eigenvalue weighted by Crippen LogP contribution is 2.30. The Morgan fingerprint density at radius 2 is 1.50 bits per heavy atom. The van der Waals surface area contributed by atoms with Crippen LogP contribution in [0.5, 0.6) is 0 Å². The Morgan fingerprint density at radius 1 is 0.800 bits per heavy atom. The first-order chi connectivity index (χ1) is 9.75. The molecule has 0 aliphatic rings. The second-order valence-electron chi connectivity index (χ2n) is 4.75. The molecule has 0 spiro atoms. The zero-order valence-corrected chi connectivity index (χ0v) is 10.9. The highest BCUT2D eigenvalue weighted by Gasteiger charge is 2.08. The van der Waals surface area contributed by atoms with Gasteiger partial charge >= 0.3 is 5.97 Å². The molecule has 0 aliphatic carbocycles. The predicted octanol–water partition coefficient (Wildman–Crippen LogP) is 4.13. The van der Waals surface area contributed by atoms with Crippen molar-refractivity contribution in [2.75, 3.05) is 0 Å². The van der Waals surface area contributed by atoms with Crippen molar-refractivity contribution in [2.45, 2.75) is 6.42 Å². The van der Waals surface area contributed by atoms with E-state index < -0.39 is 5.97 Å². The molecule has 2 nitrogen and oxygen atoms in total. The quantitative estimate of drug-likeness (QED) is 0.770. The molecule has 20 heavy (non-hydrogen) atoms. The average molecular weight is 262 g/mol. The van der Waals surface area contributed by atoms with Gasteiger partial charge in [-0.2, -0.15) is 0 Å². The van der Waals surface area contributed by atoms with E-state index in [4.69, 9.17) is 5.11 Å². The Kier molecular flexibility index (Phi) is 3.21. The van der Waals surface area contributed by atoms with E-state index in [2.05, 4.69) is 18.2 Å². The lowest BCUT2D eigenvalue weighted by Crippen LogP contribution is -2.00. The van der Waals surface area contributed by atoms with E-state index >= 15 is 0 Å². The number of carbonyl (C=O) groups is 1. The zero-order valence-electron chi connectivity index (χ0n) is 10.9. The summed E-state index contributed by atoms with van der Waals surface area (Å²) >= 11 is 0. The molecule has 98 valence electrons. The minimum Gasteiger partial charge on any atom is -0.481 e. The van der Waals surface area contributed by atoms with Crippen LogP contribution in [0.2, 0.25) is 0 Å². The van der Waals surface area contributed by atoms with Gasteiger partial charge in [-0.3, -0.25) is 4.79 Å². The number of hydrogen-bond acceptors (Lipinski definition) is 1. The smallest absolute Gasteiger partial charge is 0.307 e. The summed E-state index contributed by atoms with van der Waals surface area (Å²) in [7, 11) is 0. The Morgan fingerprint density at radius 3 is 2.25 bits per heavy atom. The van der Waals surface area contributed by atoms with Crippen LogP contribution in [-0.2, 0) is 11.2 Å². The average Bonchev–Trinajstić information content (AvgIpc) is 2.47. The SMILES string of the molecule is O=C(O)Cc1cccc2c(-c3ccccc3)cccc12. The molecule has 0 aromatic heterocycles. The van der Waals surface area contributed by atoms with Crippen LogP contribution in [0, 0.1) is 0 Å². The molecule has 3 aromatic carbocycles. The van der Waals surface area contributed by atoms with Crippen LogP contribution < -0.4 is 0 Å². The van der Waals surface area contributed by atoms with Gasteiger partial charge in [0.2, 0.25) is 0 Å². The molecule has 0 fully saturated rings. The van der Waals surface area contributed by atoms with Crippen molar-refractivity contribution >= 4 is 16.7 Å². The number of carboxylic acids is 1. The summed E-state index contributed by atoms with van der Waals surface area (Å²) in [6.07, 6.45) is 0.0512. The summed E-state index contributed by atoms with van der Waals surface area (Å²) in [6.45, 7) is 0. The standard InChI is InChI=1S/C18H14O2/c19-18(20)12-14-8-4-11-17-15(9-5-10-16(14)17)13-6-2-1-3-7-13/h1-11H,12H2,(H,19,20). The lowest BCUT2D eigenvalue weighted by Gasteiger charge is -2.09. The molecular formula is C18H14O2. The van der Waals surface area contributed by atoms with Gasteiger partial charge in [0.1, 0.15) is 0 Å².